The van der Waals surface area contributed by atoms with Gasteiger partial charge in [-0.25, -0.2) is 0 Å². The first-order valence-electron chi connectivity index (χ1n) is 9.83. The van der Waals surface area contributed by atoms with E-state index >= 15 is 0 Å². The third-order valence-corrected chi connectivity index (χ3v) is 5.61. The van der Waals surface area contributed by atoms with Crippen molar-refractivity contribution < 1.29 is 9.59 Å². The minimum atomic E-state index is -0.576. The van der Waals surface area contributed by atoms with E-state index in [1.165, 1.54) is 22.0 Å². The van der Waals surface area contributed by atoms with Crippen LogP contribution < -0.4 is 20.1 Å². The monoisotopic (exact) mass is 415 g/mol. The Morgan fingerprint density at radius 3 is 2.48 bits per heavy atom. The minimum absolute atomic E-state index is 0.0695. The van der Waals surface area contributed by atoms with Crippen LogP contribution in [0.1, 0.15) is 53.2 Å². The Hall–Kier alpha value is -2.54. The summed E-state index contributed by atoms with van der Waals surface area (Å²) in [5, 5.41) is 2.95. The van der Waals surface area contributed by atoms with Gasteiger partial charge < -0.3 is 5.32 Å². The molecule has 0 unspecified atom stereocenters. The first-order chi connectivity index (χ1) is 13.7. The maximum atomic E-state index is 13.0. The molecule has 0 bridgehead atoms. The molecule has 0 radical (unpaired) electrons. The van der Waals surface area contributed by atoms with E-state index in [0.29, 0.717) is 14.9 Å². The Bertz CT molecular complexity index is 1030. The number of ketones is 1. The van der Waals surface area contributed by atoms with E-state index in [-0.39, 0.29) is 29.8 Å². The Balaban J connectivity index is 2.54. The van der Waals surface area contributed by atoms with Crippen molar-refractivity contribution in [1.29, 1.82) is 0 Å². The second kappa shape index (κ2) is 9.78. The number of hydrogen-bond donors (Lipinski definition) is 1. The van der Waals surface area contributed by atoms with Crippen LogP contribution in [0.15, 0.2) is 29.2 Å². The predicted octanol–water partition coefficient (Wildman–Crippen LogP) is 1.83. The lowest BCUT2D eigenvalue weighted by Gasteiger charge is -2.15. The molecule has 2 aromatic heterocycles. The summed E-state index contributed by atoms with van der Waals surface area (Å²) >= 11 is 1.20. The van der Waals surface area contributed by atoms with Gasteiger partial charge in [0.2, 0.25) is 5.91 Å². The Labute approximate surface area is 175 Å². The number of aromatic nitrogens is 2. The Kier molecular flexibility index (Phi) is 7.67. The zero-order valence-corrected chi connectivity index (χ0v) is 18.5. The molecule has 0 saturated carbocycles. The number of thiazole rings is 1. The smallest absolute Gasteiger partial charge is 0.269 e. The van der Waals surface area contributed by atoms with Crippen LogP contribution in [-0.2, 0) is 16.1 Å². The van der Waals surface area contributed by atoms with E-state index in [9.17, 15) is 14.4 Å². The largest absolute Gasteiger partial charge is 0.352 e. The van der Waals surface area contributed by atoms with Crippen LogP contribution in [-0.4, -0.2) is 27.3 Å². The first kappa shape index (κ1) is 22.7. The summed E-state index contributed by atoms with van der Waals surface area (Å²) in [4.78, 5) is 42.3. The standard InChI is InChI=1S/C22H29N3O3S/c1-6-15(7-2)24-19(27)14-25-20(13-18(26)22(3,4)5)29-17(21(25)28)12-16-10-8-9-11-23-16/h8-13,15H,6-7,14H2,1-5H3,(H,24,27). The van der Waals surface area contributed by atoms with Gasteiger partial charge in [0.05, 0.1) is 10.2 Å². The molecule has 1 amide bonds. The van der Waals surface area contributed by atoms with Gasteiger partial charge in [-0.05, 0) is 31.1 Å². The Morgan fingerprint density at radius 2 is 1.93 bits per heavy atom. The van der Waals surface area contributed by atoms with Crippen LogP contribution in [0.3, 0.4) is 0 Å². The van der Waals surface area contributed by atoms with E-state index in [4.69, 9.17) is 0 Å². The highest BCUT2D eigenvalue weighted by molar-refractivity contribution is 7.07. The topological polar surface area (TPSA) is 81.1 Å². The molecule has 0 fully saturated rings. The highest BCUT2D eigenvalue weighted by atomic mass is 32.1. The van der Waals surface area contributed by atoms with E-state index in [2.05, 4.69) is 10.3 Å². The number of hydrogen-bond acceptors (Lipinski definition) is 5. The van der Waals surface area contributed by atoms with Crippen molar-refractivity contribution in [2.24, 2.45) is 5.41 Å². The van der Waals surface area contributed by atoms with Crippen molar-refractivity contribution in [3.8, 4) is 0 Å². The van der Waals surface area contributed by atoms with Crippen LogP contribution in [0.4, 0.5) is 0 Å². The van der Waals surface area contributed by atoms with Gasteiger partial charge in [-0.15, -0.1) is 11.3 Å². The maximum absolute atomic E-state index is 13.0. The quantitative estimate of drug-likeness (QED) is 0.748. The predicted molar refractivity (Wildman–Crippen MR) is 117 cm³/mol. The van der Waals surface area contributed by atoms with E-state index in [1.807, 2.05) is 40.7 Å². The van der Waals surface area contributed by atoms with Gasteiger partial charge in [0.25, 0.3) is 5.56 Å². The molecule has 0 spiro atoms. The number of carbonyl (C=O) groups is 2. The SMILES string of the molecule is CCC(CC)NC(=O)Cn1c(=CC(=O)C(C)(C)C)sc(=Cc2ccccn2)c1=O. The second-order valence-corrected chi connectivity index (χ2v) is 9.00. The van der Waals surface area contributed by atoms with Gasteiger partial charge in [0.15, 0.2) is 5.78 Å². The fourth-order valence-electron chi connectivity index (χ4n) is 2.63. The minimum Gasteiger partial charge on any atom is -0.352 e. The molecule has 2 aromatic rings. The zero-order chi connectivity index (χ0) is 21.6. The number of Topliss-reactive ketones (excluding diaryl/α,β-unsaturated/α-hetero) is 1. The number of pyridine rings is 1. The molecule has 0 aliphatic rings. The molecular weight excluding hydrogens is 386 g/mol. The van der Waals surface area contributed by atoms with Crippen LogP contribution in [0.25, 0.3) is 12.2 Å². The summed E-state index contributed by atoms with van der Waals surface area (Å²) in [5.74, 6) is -0.335. The van der Waals surface area contributed by atoms with Crippen molar-refractivity contribution in [3.63, 3.8) is 0 Å². The fraction of sp³-hybridized carbons (Fsp3) is 0.455. The fourth-order valence-corrected chi connectivity index (χ4v) is 3.65. The number of carbonyl (C=O) groups excluding carboxylic acids is 2. The molecule has 7 heteroatoms. The van der Waals surface area contributed by atoms with Gasteiger partial charge >= 0.3 is 0 Å². The molecule has 0 aliphatic carbocycles. The molecule has 0 aromatic carbocycles. The van der Waals surface area contributed by atoms with Crippen molar-refractivity contribution >= 4 is 35.2 Å². The summed E-state index contributed by atoms with van der Waals surface area (Å²) in [6.45, 7) is 9.36. The third-order valence-electron chi connectivity index (χ3n) is 4.55. The van der Waals surface area contributed by atoms with Crippen LogP contribution in [0.5, 0.6) is 0 Å². The molecule has 2 heterocycles. The first-order valence-corrected chi connectivity index (χ1v) is 10.6. The van der Waals surface area contributed by atoms with Gasteiger partial charge in [0.1, 0.15) is 11.2 Å². The molecule has 29 heavy (non-hydrogen) atoms. The van der Waals surface area contributed by atoms with Crippen LogP contribution in [0.2, 0.25) is 0 Å². The summed E-state index contributed by atoms with van der Waals surface area (Å²) < 4.78 is 2.28. The van der Waals surface area contributed by atoms with Crippen molar-refractivity contribution in [3.05, 3.63) is 49.6 Å². The molecule has 1 N–H and O–H groups in total. The number of amides is 1. The van der Waals surface area contributed by atoms with E-state index in [0.717, 1.165) is 12.8 Å². The van der Waals surface area contributed by atoms with Gasteiger partial charge in [-0.1, -0.05) is 40.7 Å². The highest BCUT2D eigenvalue weighted by Gasteiger charge is 2.20. The number of nitrogens with zero attached hydrogens (tertiary/aromatic N) is 2. The maximum Gasteiger partial charge on any atom is 0.269 e. The second-order valence-electron chi connectivity index (χ2n) is 7.93. The van der Waals surface area contributed by atoms with Crippen molar-refractivity contribution in [1.82, 2.24) is 14.9 Å². The normalized spacial score (nSPS) is 13.2. The van der Waals surface area contributed by atoms with Crippen molar-refractivity contribution in [2.75, 3.05) is 0 Å². The summed E-state index contributed by atoms with van der Waals surface area (Å²) in [6.07, 6.45) is 6.44. The van der Waals surface area contributed by atoms with Gasteiger partial charge in [-0.2, -0.15) is 0 Å². The molecule has 0 atom stereocenters. The van der Waals surface area contributed by atoms with E-state index in [1.54, 1.807) is 24.4 Å². The van der Waals surface area contributed by atoms with Crippen molar-refractivity contribution in [2.45, 2.75) is 60.0 Å². The summed E-state index contributed by atoms with van der Waals surface area (Å²) in [5.41, 5.74) is -0.227. The number of rotatable bonds is 7. The highest BCUT2D eigenvalue weighted by Crippen LogP contribution is 2.14. The lowest BCUT2D eigenvalue weighted by atomic mass is 9.91. The lowest BCUT2D eigenvalue weighted by molar-refractivity contribution is -0.122. The lowest BCUT2D eigenvalue weighted by Crippen LogP contribution is -2.41. The summed E-state index contributed by atoms with van der Waals surface area (Å²) in [7, 11) is 0. The zero-order valence-electron chi connectivity index (χ0n) is 17.7. The summed E-state index contributed by atoms with van der Waals surface area (Å²) in [6, 6.07) is 5.50. The number of nitrogens with one attached hydrogen (secondary N) is 1. The molecule has 156 valence electrons. The van der Waals surface area contributed by atoms with Gasteiger partial charge in [0, 0.05) is 23.7 Å². The van der Waals surface area contributed by atoms with Crippen LogP contribution in [0, 0.1) is 5.41 Å². The average molecular weight is 416 g/mol. The van der Waals surface area contributed by atoms with E-state index < -0.39 is 5.41 Å². The van der Waals surface area contributed by atoms with Crippen LogP contribution >= 0.6 is 11.3 Å². The molecule has 2 rings (SSSR count). The molecular formula is C22H29N3O3S. The molecule has 0 saturated heterocycles. The van der Waals surface area contributed by atoms with Gasteiger partial charge in [-0.3, -0.25) is 23.9 Å². The Morgan fingerprint density at radius 1 is 1.24 bits per heavy atom. The molecule has 0 aliphatic heterocycles. The average Bonchev–Trinajstić information content (AvgIpc) is 2.95. The molecule has 6 nitrogen and oxygen atoms in total. The third kappa shape index (κ3) is 6.22.